The topological polar surface area (TPSA) is 0 Å². The highest BCUT2D eigenvalue weighted by atomic mass is 28.3. The van der Waals surface area contributed by atoms with Gasteiger partial charge in [-0.1, -0.05) is 164 Å². The summed E-state index contributed by atoms with van der Waals surface area (Å²) in [5.74, 6) is 0. The van der Waals surface area contributed by atoms with E-state index in [-0.39, 0.29) is 5.04 Å². The number of hydrogen-bond donors (Lipinski definition) is 0. The molecule has 0 bridgehead atoms. The van der Waals surface area contributed by atoms with Crippen molar-refractivity contribution in [3.05, 3.63) is 183 Å². The highest BCUT2D eigenvalue weighted by Crippen LogP contribution is 2.53. The first-order valence-corrected chi connectivity index (χ1v) is 19.9. The SMILES string of the molecule is CCc1cc(CC)cc([Si](c2cc(C)cc(C)c2)(c2cc(Cc3ccccc3)cc(Cc3ccccc3)c2)C2(C)C=C(C)C(C)=C2C)c1. The number of rotatable bonds is 10. The molecule has 244 valence electrons. The second-order valence-corrected chi connectivity index (χ2v) is 18.8. The third kappa shape index (κ3) is 6.22. The van der Waals surface area contributed by atoms with Crippen molar-refractivity contribution in [1.82, 2.24) is 0 Å². The molecule has 1 aliphatic carbocycles. The summed E-state index contributed by atoms with van der Waals surface area (Å²) in [6, 6.07) is 44.8. The minimum absolute atomic E-state index is 0.159. The Kier molecular flexibility index (Phi) is 9.64. The van der Waals surface area contributed by atoms with Crippen LogP contribution in [-0.2, 0) is 25.7 Å². The Bertz CT molecular complexity index is 1890. The molecule has 48 heavy (non-hydrogen) atoms. The maximum atomic E-state index is 2.66. The first-order valence-electron chi connectivity index (χ1n) is 17.9. The van der Waals surface area contributed by atoms with E-state index < -0.39 is 8.07 Å². The van der Waals surface area contributed by atoms with Crippen molar-refractivity contribution >= 4 is 23.6 Å². The van der Waals surface area contributed by atoms with Crippen LogP contribution in [0.4, 0.5) is 0 Å². The van der Waals surface area contributed by atoms with Crippen molar-refractivity contribution in [3.63, 3.8) is 0 Å². The molecule has 0 fully saturated rings. The lowest BCUT2D eigenvalue weighted by molar-refractivity contribution is 0.869. The van der Waals surface area contributed by atoms with Crippen molar-refractivity contribution in [2.24, 2.45) is 0 Å². The third-order valence-electron chi connectivity index (χ3n) is 11.2. The number of hydrogen-bond acceptors (Lipinski definition) is 0. The van der Waals surface area contributed by atoms with Crippen LogP contribution < -0.4 is 15.6 Å². The fourth-order valence-corrected chi connectivity index (χ4v) is 15.0. The highest BCUT2D eigenvalue weighted by molar-refractivity contribution is 7.14. The summed E-state index contributed by atoms with van der Waals surface area (Å²) in [5, 5.41) is 4.40. The fourth-order valence-electron chi connectivity index (χ4n) is 8.55. The van der Waals surface area contributed by atoms with Gasteiger partial charge in [-0.05, 0) is 115 Å². The summed E-state index contributed by atoms with van der Waals surface area (Å²) in [5.41, 5.74) is 15.5. The molecule has 0 amide bonds. The van der Waals surface area contributed by atoms with Gasteiger partial charge in [-0.3, -0.25) is 0 Å². The van der Waals surface area contributed by atoms with Crippen LogP contribution in [-0.4, -0.2) is 8.07 Å². The average Bonchev–Trinajstić information content (AvgIpc) is 3.27. The molecule has 0 spiro atoms. The van der Waals surface area contributed by atoms with Crippen molar-refractivity contribution in [2.75, 3.05) is 0 Å². The van der Waals surface area contributed by atoms with E-state index in [4.69, 9.17) is 0 Å². The van der Waals surface area contributed by atoms with E-state index in [0.717, 1.165) is 25.7 Å². The predicted molar refractivity (Wildman–Crippen MR) is 211 cm³/mol. The molecule has 1 aliphatic rings. The first kappa shape index (κ1) is 33.7. The van der Waals surface area contributed by atoms with Gasteiger partial charge < -0.3 is 0 Å². The van der Waals surface area contributed by atoms with Gasteiger partial charge in [0.2, 0.25) is 0 Å². The molecular weight excluding hydrogens is 593 g/mol. The number of benzene rings is 5. The van der Waals surface area contributed by atoms with Crippen LogP contribution in [0.25, 0.3) is 0 Å². The van der Waals surface area contributed by atoms with E-state index in [9.17, 15) is 0 Å². The van der Waals surface area contributed by atoms with E-state index in [0.29, 0.717) is 0 Å². The molecule has 5 aromatic carbocycles. The molecule has 0 radical (unpaired) electrons. The quantitative estimate of drug-likeness (QED) is 0.105. The molecule has 6 rings (SSSR count). The minimum Gasteiger partial charge on any atom is -0.0730 e. The molecule has 0 saturated heterocycles. The summed E-state index contributed by atoms with van der Waals surface area (Å²) in [7, 11) is -2.85. The van der Waals surface area contributed by atoms with Gasteiger partial charge >= 0.3 is 0 Å². The Morgan fingerprint density at radius 1 is 0.479 bits per heavy atom. The molecular formula is C47H52Si. The van der Waals surface area contributed by atoms with Crippen LogP contribution in [0.3, 0.4) is 0 Å². The van der Waals surface area contributed by atoms with E-state index in [1.54, 1.807) is 0 Å². The van der Waals surface area contributed by atoms with Crippen molar-refractivity contribution in [2.45, 2.75) is 86.1 Å². The number of allylic oxidation sites excluding steroid dienone is 4. The summed E-state index contributed by atoms with van der Waals surface area (Å²) in [4.78, 5) is 0. The lowest BCUT2D eigenvalue weighted by atomic mass is 9.99. The normalized spacial score (nSPS) is 17.4. The molecule has 0 nitrogen and oxygen atoms in total. The zero-order chi connectivity index (χ0) is 34.1. The minimum atomic E-state index is -2.85. The molecule has 0 N–H and O–H groups in total. The highest BCUT2D eigenvalue weighted by Gasteiger charge is 2.56. The van der Waals surface area contributed by atoms with Crippen molar-refractivity contribution < 1.29 is 0 Å². The van der Waals surface area contributed by atoms with Crippen LogP contribution >= 0.6 is 0 Å². The second kappa shape index (κ2) is 13.7. The van der Waals surface area contributed by atoms with E-state index in [1.807, 2.05) is 0 Å². The Balaban J connectivity index is 1.78. The van der Waals surface area contributed by atoms with Crippen LogP contribution in [0.2, 0.25) is 5.04 Å². The summed E-state index contributed by atoms with van der Waals surface area (Å²) >= 11 is 0. The molecule has 0 saturated carbocycles. The maximum absolute atomic E-state index is 2.85. The van der Waals surface area contributed by atoms with E-state index >= 15 is 0 Å². The summed E-state index contributed by atoms with van der Waals surface area (Å²) in [6.45, 7) is 18.9. The van der Waals surface area contributed by atoms with Gasteiger partial charge in [0.25, 0.3) is 0 Å². The van der Waals surface area contributed by atoms with E-state index in [2.05, 4.69) is 177 Å². The van der Waals surface area contributed by atoms with Crippen LogP contribution in [0, 0.1) is 13.8 Å². The Morgan fingerprint density at radius 2 is 0.896 bits per heavy atom. The number of aryl methyl sites for hydroxylation is 4. The lowest BCUT2D eigenvalue weighted by Crippen LogP contribution is -2.73. The summed E-state index contributed by atoms with van der Waals surface area (Å²) in [6.07, 6.45) is 6.56. The molecule has 0 aliphatic heterocycles. The van der Waals surface area contributed by atoms with Crippen molar-refractivity contribution in [3.8, 4) is 0 Å². The Hall–Kier alpha value is -4.20. The molecule has 2 atom stereocenters. The largest absolute Gasteiger partial charge is 0.161 e. The molecule has 0 heterocycles. The average molecular weight is 645 g/mol. The predicted octanol–water partition coefficient (Wildman–Crippen LogP) is 10.1. The molecule has 1 heteroatoms. The lowest BCUT2D eigenvalue weighted by Gasteiger charge is -2.48. The van der Waals surface area contributed by atoms with Gasteiger partial charge in [0.15, 0.2) is 8.07 Å². The standard InChI is InChI=1S/C47H52Si/c1-9-38-24-39(10-2)29-45(28-38)48(44-22-33(3)21-34(4)23-44,47(8)32-35(5)36(6)37(47)7)46-30-42(25-40-17-13-11-14-18-40)27-43(31-46)26-41-19-15-12-16-20-41/h11-24,27-32H,9-10,25-26H2,1-8H3. The van der Waals surface area contributed by atoms with Crippen LogP contribution in [0.15, 0.2) is 138 Å². The van der Waals surface area contributed by atoms with Crippen LogP contribution in [0.1, 0.15) is 86.1 Å². The summed E-state index contributed by atoms with van der Waals surface area (Å²) < 4.78 is 0. The third-order valence-corrected chi connectivity index (χ3v) is 16.7. The smallest absolute Gasteiger partial charge is 0.0730 e. The zero-order valence-electron chi connectivity index (χ0n) is 30.4. The molecule has 2 unspecified atom stereocenters. The van der Waals surface area contributed by atoms with Gasteiger partial charge in [0.1, 0.15) is 0 Å². The van der Waals surface area contributed by atoms with Gasteiger partial charge in [-0.2, -0.15) is 0 Å². The molecule has 0 aromatic heterocycles. The van der Waals surface area contributed by atoms with Crippen molar-refractivity contribution in [1.29, 1.82) is 0 Å². The zero-order valence-corrected chi connectivity index (χ0v) is 31.4. The maximum Gasteiger partial charge on any atom is 0.161 e. The monoisotopic (exact) mass is 644 g/mol. The first-order chi connectivity index (χ1) is 23.1. The Morgan fingerprint density at radius 3 is 1.31 bits per heavy atom. The van der Waals surface area contributed by atoms with Gasteiger partial charge in [0, 0.05) is 5.04 Å². The van der Waals surface area contributed by atoms with Gasteiger partial charge in [-0.15, -0.1) is 0 Å². The van der Waals surface area contributed by atoms with Gasteiger partial charge in [-0.25, -0.2) is 0 Å². The van der Waals surface area contributed by atoms with Gasteiger partial charge in [0.05, 0.1) is 0 Å². The Labute approximate surface area is 291 Å². The van der Waals surface area contributed by atoms with Crippen LogP contribution in [0.5, 0.6) is 0 Å². The fraction of sp³-hybridized carbons (Fsp3) is 0.277. The second-order valence-electron chi connectivity index (χ2n) is 14.5. The van der Waals surface area contributed by atoms with E-state index in [1.165, 1.54) is 76.8 Å². The molecule has 5 aromatic rings.